The Balaban J connectivity index is 2.12. The topological polar surface area (TPSA) is 32.3 Å². The van der Waals surface area contributed by atoms with E-state index in [1.54, 1.807) is 0 Å². The monoisotopic (exact) mass is 353 g/mol. The molecule has 0 aliphatic rings. The van der Waals surface area contributed by atoms with Gasteiger partial charge in [0, 0.05) is 15.2 Å². The molecule has 1 unspecified atom stereocenters. The summed E-state index contributed by atoms with van der Waals surface area (Å²) < 4.78 is 1.05. The molecule has 1 atom stereocenters. The smallest absolute Gasteiger partial charge is 0.0662 e. The van der Waals surface area contributed by atoms with Crippen molar-refractivity contribution in [3.05, 3.63) is 63.6 Å². The zero-order valence-corrected chi connectivity index (χ0v) is 13.6. The first-order valence-corrected chi connectivity index (χ1v) is 7.57. The van der Waals surface area contributed by atoms with E-state index in [1.807, 2.05) is 43.3 Å². The summed E-state index contributed by atoms with van der Waals surface area (Å²) in [5.74, 6) is 0. The lowest BCUT2D eigenvalue weighted by Gasteiger charge is -2.30. The number of halogens is 2. The Morgan fingerprint density at radius 3 is 2.25 bits per heavy atom. The van der Waals surface area contributed by atoms with Crippen molar-refractivity contribution in [1.82, 2.24) is 0 Å². The number of hydrogen-bond acceptors (Lipinski definition) is 2. The van der Waals surface area contributed by atoms with Crippen molar-refractivity contribution in [1.29, 1.82) is 0 Å². The van der Waals surface area contributed by atoms with E-state index in [2.05, 4.69) is 33.4 Å². The molecule has 2 nitrogen and oxygen atoms in total. The van der Waals surface area contributed by atoms with Crippen molar-refractivity contribution >= 4 is 33.2 Å². The van der Waals surface area contributed by atoms with Crippen molar-refractivity contribution in [2.75, 3.05) is 11.9 Å². The van der Waals surface area contributed by atoms with Gasteiger partial charge in [-0.2, -0.15) is 0 Å². The van der Waals surface area contributed by atoms with Gasteiger partial charge in [0.15, 0.2) is 0 Å². The minimum absolute atomic E-state index is 0.0473. The van der Waals surface area contributed by atoms with E-state index >= 15 is 0 Å². The summed E-state index contributed by atoms with van der Waals surface area (Å²) in [5, 5.41) is 13.8. The molecule has 2 aromatic carbocycles. The van der Waals surface area contributed by atoms with E-state index in [0.717, 1.165) is 16.6 Å². The standard InChI is InChI=1S/C16H17BrClNO/c1-16(11-20,10-12-2-4-13(17)5-3-12)19-15-8-6-14(18)7-9-15/h2-9,19-20H,10-11H2,1H3. The molecule has 4 heteroatoms. The zero-order valence-electron chi connectivity index (χ0n) is 11.2. The van der Waals surface area contributed by atoms with Gasteiger partial charge < -0.3 is 10.4 Å². The van der Waals surface area contributed by atoms with Gasteiger partial charge in [-0.15, -0.1) is 0 Å². The van der Waals surface area contributed by atoms with Crippen LogP contribution < -0.4 is 5.32 Å². The molecule has 0 amide bonds. The number of hydrogen-bond donors (Lipinski definition) is 2. The molecular weight excluding hydrogens is 338 g/mol. The van der Waals surface area contributed by atoms with Crippen molar-refractivity contribution < 1.29 is 5.11 Å². The Bertz CT molecular complexity index is 506. The Hall–Kier alpha value is -1.03. The Kier molecular flexibility index (Phi) is 5.08. The summed E-state index contributed by atoms with van der Waals surface area (Å²) in [5.41, 5.74) is 1.70. The quantitative estimate of drug-likeness (QED) is 0.828. The van der Waals surface area contributed by atoms with Crippen LogP contribution in [0.5, 0.6) is 0 Å². The molecule has 0 spiro atoms. The first-order valence-electron chi connectivity index (χ1n) is 6.40. The van der Waals surface area contributed by atoms with Gasteiger partial charge >= 0.3 is 0 Å². The Morgan fingerprint density at radius 2 is 1.70 bits per heavy atom. The molecule has 0 saturated carbocycles. The molecule has 0 heterocycles. The molecule has 0 radical (unpaired) electrons. The van der Waals surface area contributed by atoms with Gasteiger partial charge in [-0.3, -0.25) is 0 Å². The molecule has 20 heavy (non-hydrogen) atoms. The average molecular weight is 355 g/mol. The van der Waals surface area contributed by atoms with Crippen LogP contribution in [0.15, 0.2) is 53.0 Å². The average Bonchev–Trinajstić information content (AvgIpc) is 2.44. The highest BCUT2D eigenvalue weighted by Crippen LogP contribution is 2.22. The molecule has 0 aliphatic heterocycles. The highest BCUT2D eigenvalue weighted by molar-refractivity contribution is 9.10. The van der Waals surface area contributed by atoms with Gasteiger partial charge in [0.2, 0.25) is 0 Å². The lowest BCUT2D eigenvalue weighted by Crippen LogP contribution is -2.41. The fourth-order valence-corrected chi connectivity index (χ4v) is 2.46. The zero-order chi connectivity index (χ0) is 14.6. The van der Waals surface area contributed by atoms with Crippen molar-refractivity contribution in [2.24, 2.45) is 0 Å². The second-order valence-corrected chi connectivity index (χ2v) is 6.51. The largest absolute Gasteiger partial charge is 0.394 e. The van der Waals surface area contributed by atoms with Crippen molar-refractivity contribution in [3.8, 4) is 0 Å². The van der Waals surface area contributed by atoms with Crippen LogP contribution in [0.4, 0.5) is 5.69 Å². The van der Waals surface area contributed by atoms with Crippen LogP contribution >= 0.6 is 27.5 Å². The van der Waals surface area contributed by atoms with E-state index in [4.69, 9.17) is 11.6 Å². The van der Waals surface area contributed by atoms with E-state index in [-0.39, 0.29) is 6.61 Å². The normalized spacial score (nSPS) is 13.8. The lowest BCUT2D eigenvalue weighted by molar-refractivity contribution is 0.222. The highest BCUT2D eigenvalue weighted by Gasteiger charge is 2.23. The van der Waals surface area contributed by atoms with Crippen LogP contribution in [0, 0.1) is 0 Å². The van der Waals surface area contributed by atoms with Crippen LogP contribution in [0.25, 0.3) is 0 Å². The molecule has 2 rings (SSSR count). The number of aliphatic hydroxyl groups excluding tert-OH is 1. The summed E-state index contributed by atoms with van der Waals surface area (Å²) in [7, 11) is 0. The fraction of sp³-hybridized carbons (Fsp3) is 0.250. The number of nitrogens with one attached hydrogen (secondary N) is 1. The SMILES string of the molecule is CC(CO)(Cc1ccc(Br)cc1)Nc1ccc(Cl)cc1. The maximum absolute atomic E-state index is 9.72. The molecular formula is C16H17BrClNO. The van der Waals surface area contributed by atoms with Crippen LogP contribution in [-0.4, -0.2) is 17.3 Å². The van der Waals surface area contributed by atoms with E-state index in [9.17, 15) is 5.11 Å². The molecule has 2 N–H and O–H groups in total. The van der Waals surface area contributed by atoms with Gasteiger partial charge in [0.1, 0.15) is 0 Å². The van der Waals surface area contributed by atoms with Gasteiger partial charge in [-0.25, -0.2) is 0 Å². The maximum Gasteiger partial charge on any atom is 0.0662 e. The minimum Gasteiger partial charge on any atom is -0.394 e. The first kappa shape index (κ1) is 15.4. The minimum atomic E-state index is -0.415. The third-order valence-corrected chi connectivity index (χ3v) is 3.93. The Labute approximate surface area is 132 Å². The van der Waals surface area contributed by atoms with Crippen LogP contribution in [-0.2, 0) is 6.42 Å². The van der Waals surface area contributed by atoms with Gasteiger partial charge in [-0.05, 0) is 55.3 Å². The van der Waals surface area contributed by atoms with Crippen molar-refractivity contribution in [2.45, 2.75) is 18.9 Å². The second-order valence-electron chi connectivity index (χ2n) is 5.15. The van der Waals surface area contributed by atoms with Gasteiger partial charge in [0.25, 0.3) is 0 Å². The number of benzene rings is 2. The van der Waals surface area contributed by atoms with Crippen LogP contribution in [0.2, 0.25) is 5.02 Å². The van der Waals surface area contributed by atoms with Crippen molar-refractivity contribution in [3.63, 3.8) is 0 Å². The number of aliphatic hydroxyl groups is 1. The summed E-state index contributed by atoms with van der Waals surface area (Å²) in [6, 6.07) is 15.6. The highest BCUT2D eigenvalue weighted by atomic mass is 79.9. The lowest BCUT2D eigenvalue weighted by atomic mass is 9.93. The van der Waals surface area contributed by atoms with E-state index in [0.29, 0.717) is 5.02 Å². The predicted octanol–water partition coefficient (Wildman–Crippen LogP) is 4.51. The molecule has 0 saturated heterocycles. The van der Waals surface area contributed by atoms with E-state index in [1.165, 1.54) is 5.56 Å². The summed E-state index contributed by atoms with van der Waals surface area (Å²) in [6.45, 7) is 2.05. The Morgan fingerprint density at radius 1 is 1.10 bits per heavy atom. The third-order valence-electron chi connectivity index (χ3n) is 3.15. The van der Waals surface area contributed by atoms with Crippen LogP contribution in [0.1, 0.15) is 12.5 Å². The maximum atomic E-state index is 9.72. The van der Waals surface area contributed by atoms with Crippen LogP contribution in [0.3, 0.4) is 0 Å². The van der Waals surface area contributed by atoms with Gasteiger partial charge in [0.05, 0.1) is 12.1 Å². The molecule has 0 fully saturated rings. The van der Waals surface area contributed by atoms with E-state index < -0.39 is 5.54 Å². The molecule has 0 bridgehead atoms. The summed E-state index contributed by atoms with van der Waals surface area (Å²) in [4.78, 5) is 0. The number of anilines is 1. The van der Waals surface area contributed by atoms with Gasteiger partial charge in [-0.1, -0.05) is 39.7 Å². The predicted molar refractivity (Wildman–Crippen MR) is 88.4 cm³/mol. The third kappa shape index (κ3) is 4.23. The molecule has 106 valence electrons. The number of rotatable bonds is 5. The molecule has 2 aromatic rings. The fourth-order valence-electron chi connectivity index (χ4n) is 2.07. The molecule has 0 aliphatic carbocycles. The summed E-state index contributed by atoms with van der Waals surface area (Å²) in [6.07, 6.45) is 0.736. The summed E-state index contributed by atoms with van der Waals surface area (Å²) >= 11 is 9.30. The molecule has 0 aromatic heterocycles. The first-order chi connectivity index (χ1) is 9.50. The second kappa shape index (κ2) is 6.61.